The number of likely N-dealkylation sites (N-methyl/N-ethyl adjacent to an activating group) is 2. The molecule has 0 aromatic rings. The Kier molecular flexibility index (Phi) is 7.69. The molecular weight excluding hydrogens is 238 g/mol. The van der Waals surface area contributed by atoms with Crippen LogP contribution in [0.5, 0.6) is 0 Å². The van der Waals surface area contributed by atoms with Crippen LogP contribution in [0, 0.1) is 0 Å². The highest BCUT2D eigenvalue weighted by molar-refractivity contribution is 5.94. The van der Waals surface area contributed by atoms with Crippen LogP contribution in [0.4, 0.5) is 4.79 Å². The molecule has 0 aliphatic heterocycles. The lowest BCUT2D eigenvalue weighted by Gasteiger charge is -2.19. The number of hydrogen-bond donors (Lipinski definition) is 2. The Labute approximate surface area is 107 Å². The second-order valence-corrected chi connectivity index (χ2v) is 4.33. The molecule has 7 heteroatoms. The lowest BCUT2D eigenvalue weighted by atomic mass is 10.2. The molecule has 0 heterocycles. The van der Waals surface area contributed by atoms with Crippen LogP contribution in [0.15, 0.2) is 0 Å². The summed E-state index contributed by atoms with van der Waals surface area (Å²) in [7, 11) is 5.38. The van der Waals surface area contributed by atoms with E-state index in [9.17, 15) is 14.4 Å². The third-order valence-corrected chi connectivity index (χ3v) is 2.27. The summed E-state index contributed by atoms with van der Waals surface area (Å²) in [4.78, 5) is 36.4. The van der Waals surface area contributed by atoms with Crippen LogP contribution in [0.25, 0.3) is 0 Å². The van der Waals surface area contributed by atoms with Crippen molar-refractivity contribution in [1.82, 2.24) is 15.1 Å². The Morgan fingerprint density at radius 2 is 1.67 bits per heavy atom. The van der Waals surface area contributed by atoms with Gasteiger partial charge >= 0.3 is 12.0 Å². The predicted octanol–water partition coefficient (Wildman–Crippen LogP) is -0.0291. The average Bonchev–Trinajstić information content (AvgIpc) is 2.24. The molecule has 0 rings (SSSR count). The number of nitrogens with zero attached hydrogens (tertiary/aromatic N) is 2. The summed E-state index contributed by atoms with van der Waals surface area (Å²) in [6.07, 6.45) is 0.202. The fourth-order valence-corrected chi connectivity index (χ4v) is 1.13. The first kappa shape index (κ1) is 16.4. The van der Waals surface area contributed by atoms with Gasteiger partial charge in [-0.25, -0.2) is 4.79 Å². The standard InChI is InChI=1S/C11H21N3O4/c1-13(2)7-8-14(3)11(18)12-9(15)5-4-6-10(16)17/h4-8H2,1-3H3,(H,16,17)(H,12,15,18). The smallest absolute Gasteiger partial charge is 0.323 e. The summed E-state index contributed by atoms with van der Waals surface area (Å²) < 4.78 is 0. The van der Waals surface area contributed by atoms with Gasteiger partial charge in [-0.1, -0.05) is 0 Å². The third-order valence-electron chi connectivity index (χ3n) is 2.27. The molecule has 0 aromatic carbocycles. The van der Waals surface area contributed by atoms with Gasteiger partial charge in [0.15, 0.2) is 0 Å². The van der Waals surface area contributed by atoms with Gasteiger partial charge in [-0.15, -0.1) is 0 Å². The van der Waals surface area contributed by atoms with Crippen molar-refractivity contribution >= 4 is 17.9 Å². The number of imide groups is 1. The molecule has 18 heavy (non-hydrogen) atoms. The number of carbonyl (C=O) groups excluding carboxylic acids is 2. The van der Waals surface area contributed by atoms with Gasteiger partial charge in [-0.2, -0.15) is 0 Å². The number of hydrogen-bond acceptors (Lipinski definition) is 4. The Morgan fingerprint density at radius 3 is 2.17 bits per heavy atom. The second kappa shape index (κ2) is 8.46. The van der Waals surface area contributed by atoms with E-state index in [-0.39, 0.29) is 19.3 Å². The molecular formula is C11H21N3O4. The van der Waals surface area contributed by atoms with Gasteiger partial charge in [0.25, 0.3) is 0 Å². The second-order valence-electron chi connectivity index (χ2n) is 4.33. The SMILES string of the molecule is CN(C)CCN(C)C(=O)NC(=O)CCCC(=O)O. The summed E-state index contributed by atoms with van der Waals surface area (Å²) in [5.41, 5.74) is 0. The monoisotopic (exact) mass is 259 g/mol. The summed E-state index contributed by atoms with van der Waals surface area (Å²) in [6, 6.07) is -0.461. The molecule has 7 nitrogen and oxygen atoms in total. The van der Waals surface area contributed by atoms with Crippen molar-refractivity contribution in [3.8, 4) is 0 Å². The van der Waals surface area contributed by atoms with Crippen molar-refractivity contribution in [2.45, 2.75) is 19.3 Å². The molecule has 0 saturated carbocycles. The Hall–Kier alpha value is -1.63. The van der Waals surface area contributed by atoms with Crippen molar-refractivity contribution in [2.75, 3.05) is 34.2 Å². The third kappa shape index (κ3) is 8.51. The lowest BCUT2D eigenvalue weighted by Crippen LogP contribution is -2.43. The number of nitrogens with one attached hydrogen (secondary N) is 1. The van der Waals surface area contributed by atoms with Gasteiger partial charge < -0.3 is 14.9 Å². The highest BCUT2D eigenvalue weighted by Crippen LogP contribution is 1.95. The topological polar surface area (TPSA) is 90.0 Å². The fourth-order valence-electron chi connectivity index (χ4n) is 1.13. The van der Waals surface area contributed by atoms with Crippen LogP contribution < -0.4 is 5.32 Å². The molecule has 0 atom stereocenters. The van der Waals surface area contributed by atoms with E-state index in [4.69, 9.17) is 5.11 Å². The Balaban J connectivity index is 3.85. The molecule has 0 unspecified atom stereocenters. The van der Waals surface area contributed by atoms with Crippen molar-refractivity contribution in [1.29, 1.82) is 0 Å². The van der Waals surface area contributed by atoms with Crippen LogP contribution in [0.1, 0.15) is 19.3 Å². The van der Waals surface area contributed by atoms with Crippen molar-refractivity contribution in [2.24, 2.45) is 0 Å². The zero-order valence-corrected chi connectivity index (χ0v) is 11.1. The molecule has 0 aliphatic carbocycles. The van der Waals surface area contributed by atoms with Crippen molar-refractivity contribution < 1.29 is 19.5 Å². The minimum atomic E-state index is -0.947. The molecule has 0 spiro atoms. The number of carbonyl (C=O) groups is 3. The highest BCUT2D eigenvalue weighted by atomic mass is 16.4. The quantitative estimate of drug-likeness (QED) is 0.670. The molecule has 0 saturated heterocycles. The first-order valence-electron chi connectivity index (χ1n) is 5.74. The molecule has 0 fully saturated rings. The molecule has 104 valence electrons. The fraction of sp³-hybridized carbons (Fsp3) is 0.727. The normalized spacial score (nSPS) is 10.2. The first-order chi connectivity index (χ1) is 8.32. The van der Waals surface area contributed by atoms with E-state index < -0.39 is 17.9 Å². The Morgan fingerprint density at radius 1 is 1.06 bits per heavy atom. The predicted molar refractivity (Wildman–Crippen MR) is 66.2 cm³/mol. The lowest BCUT2D eigenvalue weighted by molar-refractivity contribution is -0.137. The van der Waals surface area contributed by atoms with E-state index >= 15 is 0 Å². The zero-order valence-electron chi connectivity index (χ0n) is 11.1. The molecule has 0 aromatic heterocycles. The molecule has 0 bridgehead atoms. The molecule has 2 N–H and O–H groups in total. The maximum absolute atomic E-state index is 11.5. The number of carboxylic acids is 1. The number of urea groups is 1. The van der Waals surface area contributed by atoms with Gasteiger partial charge in [0, 0.05) is 33.0 Å². The minimum absolute atomic E-state index is 0.0412. The number of amides is 3. The van der Waals surface area contributed by atoms with E-state index in [2.05, 4.69) is 5.32 Å². The first-order valence-corrected chi connectivity index (χ1v) is 5.74. The number of rotatable bonds is 7. The van der Waals surface area contributed by atoms with Crippen molar-refractivity contribution in [3.05, 3.63) is 0 Å². The number of aliphatic carboxylic acids is 1. The van der Waals surface area contributed by atoms with E-state index in [1.807, 2.05) is 19.0 Å². The molecule has 3 amide bonds. The van der Waals surface area contributed by atoms with Crippen LogP contribution in [0.2, 0.25) is 0 Å². The summed E-state index contributed by atoms with van der Waals surface area (Å²) >= 11 is 0. The molecule has 0 radical (unpaired) electrons. The van der Waals surface area contributed by atoms with Gasteiger partial charge in [-0.3, -0.25) is 14.9 Å². The van der Waals surface area contributed by atoms with Crippen LogP contribution >= 0.6 is 0 Å². The van der Waals surface area contributed by atoms with Gasteiger partial charge in [0.1, 0.15) is 0 Å². The van der Waals surface area contributed by atoms with E-state index in [0.717, 1.165) is 0 Å². The molecule has 0 aliphatic rings. The van der Waals surface area contributed by atoms with Crippen LogP contribution in [-0.2, 0) is 9.59 Å². The largest absolute Gasteiger partial charge is 0.481 e. The van der Waals surface area contributed by atoms with E-state index in [1.165, 1.54) is 4.90 Å². The van der Waals surface area contributed by atoms with E-state index in [0.29, 0.717) is 13.1 Å². The van der Waals surface area contributed by atoms with Gasteiger partial charge in [-0.05, 0) is 20.5 Å². The maximum atomic E-state index is 11.5. The number of carboxylic acid groups (broad SMARTS) is 1. The summed E-state index contributed by atoms with van der Waals surface area (Å²) in [6.45, 7) is 1.22. The van der Waals surface area contributed by atoms with Crippen LogP contribution in [0.3, 0.4) is 0 Å². The highest BCUT2D eigenvalue weighted by Gasteiger charge is 2.12. The zero-order chi connectivity index (χ0) is 14.1. The summed E-state index contributed by atoms with van der Waals surface area (Å²) in [5.74, 6) is -1.39. The van der Waals surface area contributed by atoms with Crippen molar-refractivity contribution in [3.63, 3.8) is 0 Å². The minimum Gasteiger partial charge on any atom is -0.481 e. The van der Waals surface area contributed by atoms with E-state index in [1.54, 1.807) is 7.05 Å². The summed E-state index contributed by atoms with van der Waals surface area (Å²) in [5, 5.41) is 10.6. The maximum Gasteiger partial charge on any atom is 0.323 e. The average molecular weight is 259 g/mol. The van der Waals surface area contributed by atoms with Gasteiger partial charge in [0.05, 0.1) is 0 Å². The Bertz CT molecular complexity index is 305. The van der Waals surface area contributed by atoms with Gasteiger partial charge in [0.2, 0.25) is 5.91 Å². The van der Waals surface area contributed by atoms with Crippen LogP contribution in [-0.4, -0.2) is 67.0 Å².